The Labute approximate surface area is 142 Å². The number of guanidine groups is 1. The van der Waals surface area contributed by atoms with Gasteiger partial charge in [0, 0.05) is 37.6 Å². The molecule has 23 heavy (non-hydrogen) atoms. The van der Waals surface area contributed by atoms with Crippen LogP contribution >= 0.6 is 11.6 Å². The summed E-state index contributed by atoms with van der Waals surface area (Å²) in [6, 6.07) is 11.4. The zero-order chi connectivity index (χ0) is 16.5. The first-order chi connectivity index (χ1) is 11.2. The second-order valence-corrected chi connectivity index (χ2v) is 5.62. The maximum Gasteiger partial charge on any atom is 0.191 e. The van der Waals surface area contributed by atoms with Crippen LogP contribution in [0.15, 0.2) is 53.8 Å². The molecule has 124 valence electrons. The highest BCUT2D eigenvalue weighted by Gasteiger charge is 2.05. The van der Waals surface area contributed by atoms with Crippen LogP contribution in [0.4, 0.5) is 0 Å². The van der Waals surface area contributed by atoms with Crippen molar-refractivity contribution in [3.05, 3.63) is 53.8 Å². The molecule has 1 aromatic carbocycles. The van der Waals surface area contributed by atoms with Crippen LogP contribution in [-0.2, 0) is 6.54 Å². The van der Waals surface area contributed by atoms with Crippen molar-refractivity contribution in [3.63, 3.8) is 0 Å². The minimum Gasteiger partial charge on any atom is -0.489 e. The van der Waals surface area contributed by atoms with E-state index in [1.165, 1.54) is 0 Å². The van der Waals surface area contributed by atoms with E-state index in [1.54, 1.807) is 7.05 Å². The number of nitrogens with one attached hydrogen (secondary N) is 2. The molecule has 0 aliphatic rings. The van der Waals surface area contributed by atoms with E-state index in [2.05, 4.69) is 20.2 Å². The summed E-state index contributed by atoms with van der Waals surface area (Å²) in [7, 11) is 1.76. The van der Waals surface area contributed by atoms with Gasteiger partial charge in [0.1, 0.15) is 11.9 Å². The van der Waals surface area contributed by atoms with E-state index in [9.17, 15) is 0 Å². The van der Waals surface area contributed by atoms with Gasteiger partial charge in [-0.1, -0.05) is 11.6 Å². The molecule has 0 amide bonds. The molecule has 0 radical (unpaired) electrons. The fraction of sp³-hybridized carbons (Fsp3) is 0.353. The quantitative estimate of drug-likeness (QED) is 0.604. The van der Waals surface area contributed by atoms with Crippen molar-refractivity contribution in [1.82, 2.24) is 15.2 Å². The van der Waals surface area contributed by atoms with Crippen LogP contribution in [0.1, 0.15) is 6.92 Å². The highest BCUT2D eigenvalue weighted by molar-refractivity contribution is 6.30. The first-order valence-electron chi connectivity index (χ1n) is 7.65. The van der Waals surface area contributed by atoms with Crippen LogP contribution in [0.2, 0.25) is 5.02 Å². The van der Waals surface area contributed by atoms with Gasteiger partial charge in [0.25, 0.3) is 0 Å². The number of hydrogen-bond donors (Lipinski definition) is 2. The predicted molar refractivity (Wildman–Crippen MR) is 95.3 cm³/mol. The number of nitrogens with zero attached hydrogens (tertiary/aromatic N) is 2. The lowest BCUT2D eigenvalue weighted by Gasteiger charge is -2.18. The summed E-state index contributed by atoms with van der Waals surface area (Å²) in [4.78, 5) is 4.21. The van der Waals surface area contributed by atoms with E-state index in [1.807, 2.05) is 55.7 Å². The standard InChI is InChI=1S/C17H23ClN4O/c1-14(23-16-7-5-15(18)6-8-16)13-21-17(19-2)20-9-12-22-10-3-4-11-22/h3-8,10-11,14H,9,12-13H2,1-2H3,(H2,19,20,21). The molecule has 0 saturated carbocycles. The normalized spacial score (nSPS) is 12.7. The Morgan fingerprint density at radius 2 is 1.91 bits per heavy atom. The second-order valence-electron chi connectivity index (χ2n) is 5.18. The average molecular weight is 335 g/mol. The number of halogens is 1. The topological polar surface area (TPSA) is 50.6 Å². The average Bonchev–Trinajstić information content (AvgIpc) is 3.06. The van der Waals surface area contributed by atoms with E-state index in [-0.39, 0.29) is 6.10 Å². The Morgan fingerprint density at radius 3 is 2.57 bits per heavy atom. The molecule has 1 unspecified atom stereocenters. The van der Waals surface area contributed by atoms with Gasteiger partial charge in [-0.05, 0) is 43.3 Å². The summed E-state index contributed by atoms with van der Waals surface area (Å²) in [6.45, 7) is 4.37. The van der Waals surface area contributed by atoms with Crippen LogP contribution in [0.3, 0.4) is 0 Å². The fourth-order valence-electron chi connectivity index (χ4n) is 2.07. The van der Waals surface area contributed by atoms with E-state index >= 15 is 0 Å². The number of ether oxygens (including phenoxy) is 1. The van der Waals surface area contributed by atoms with Crippen LogP contribution in [0.5, 0.6) is 5.75 Å². The van der Waals surface area contributed by atoms with Crippen LogP contribution in [-0.4, -0.2) is 36.8 Å². The van der Waals surface area contributed by atoms with E-state index in [4.69, 9.17) is 16.3 Å². The van der Waals surface area contributed by atoms with E-state index < -0.39 is 0 Å². The van der Waals surface area contributed by atoms with Crippen molar-refractivity contribution in [1.29, 1.82) is 0 Å². The molecule has 1 atom stereocenters. The Balaban J connectivity index is 1.68. The molecule has 0 spiro atoms. The van der Waals surface area contributed by atoms with Gasteiger partial charge in [-0.15, -0.1) is 0 Å². The SMILES string of the molecule is CN=C(NCCn1cccc1)NCC(C)Oc1ccc(Cl)cc1. The largest absolute Gasteiger partial charge is 0.489 e. The molecule has 0 fully saturated rings. The maximum absolute atomic E-state index is 5.86. The Morgan fingerprint density at radius 1 is 1.22 bits per heavy atom. The third-order valence-electron chi connectivity index (χ3n) is 3.26. The lowest BCUT2D eigenvalue weighted by molar-refractivity contribution is 0.224. The van der Waals surface area contributed by atoms with Gasteiger partial charge < -0.3 is 19.9 Å². The van der Waals surface area contributed by atoms with Crippen molar-refractivity contribution in [2.24, 2.45) is 4.99 Å². The van der Waals surface area contributed by atoms with Crippen LogP contribution in [0.25, 0.3) is 0 Å². The van der Waals surface area contributed by atoms with Crippen molar-refractivity contribution in [2.45, 2.75) is 19.6 Å². The molecule has 0 bridgehead atoms. The molecule has 5 nitrogen and oxygen atoms in total. The van der Waals surface area contributed by atoms with Gasteiger partial charge in [0.15, 0.2) is 5.96 Å². The molecule has 2 aromatic rings. The molecule has 0 aliphatic carbocycles. The number of aliphatic imine (C=N–C) groups is 1. The van der Waals surface area contributed by atoms with Crippen LogP contribution in [0, 0.1) is 0 Å². The van der Waals surface area contributed by atoms with Gasteiger partial charge >= 0.3 is 0 Å². The zero-order valence-corrected chi connectivity index (χ0v) is 14.3. The van der Waals surface area contributed by atoms with Crippen LogP contribution < -0.4 is 15.4 Å². The third kappa shape index (κ3) is 6.24. The van der Waals surface area contributed by atoms with Crippen molar-refractivity contribution in [3.8, 4) is 5.75 Å². The number of rotatable bonds is 7. The fourth-order valence-corrected chi connectivity index (χ4v) is 2.20. The maximum atomic E-state index is 5.86. The van der Waals surface area contributed by atoms with Gasteiger partial charge in [-0.3, -0.25) is 4.99 Å². The van der Waals surface area contributed by atoms with Crippen molar-refractivity contribution in [2.75, 3.05) is 20.1 Å². The first-order valence-corrected chi connectivity index (χ1v) is 8.02. The molecule has 0 saturated heterocycles. The van der Waals surface area contributed by atoms with Gasteiger partial charge in [0.05, 0.1) is 6.54 Å². The second kappa shape index (κ2) is 9.10. The monoisotopic (exact) mass is 334 g/mol. The lowest BCUT2D eigenvalue weighted by Crippen LogP contribution is -2.42. The summed E-state index contributed by atoms with van der Waals surface area (Å²) in [5.41, 5.74) is 0. The first kappa shape index (κ1) is 17.2. The highest BCUT2D eigenvalue weighted by atomic mass is 35.5. The van der Waals surface area contributed by atoms with Gasteiger partial charge in [-0.2, -0.15) is 0 Å². The summed E-state index contributed by atoms with van der Waals surface area (Å²) in [6.07, 6.45) is 4.10. The molecule has 1 aromatic heterocycles. The molecule has 2 N–H and O–H groups in total. The molecule has 2 rings (SSSR count). The Hall–Kier alpha value is -2.14. The van der Waals surface area contributed by atoms with E-state index in [0.29, 0.717) is 11.6 Å². The van der Waals surface area contributed by atoms with Gasteiger partial charge in [0.2, 0.25) is 0 Å². The Bertz CT molecular complexity index is 596. The zero-order valence-electron chi connectivity index (χ0n) is 13.5. The highest BCUT2D eigenvalue weighted by Crippen LogP contribution is 2.16. The molecule has 6 heteroatoms. The smallest absolute Gasteiger partial charge is 0.191 e. The van der Waals surface area contributed by atoms with Gasteiger partial charge in [-0.25, -0.2) is 0 Å². The molecular weight excluding hydrogens is 312 g/mol. The lowest BCUT2D eigenvalue weighted by atomic mass is 10.3. The summed E-state index contributed by atoms with van der Waals surface area (Å²) >= 11 is 5.86. The third-order valence-corrected chi connectivity index (χ3v) is 3.51. The number of hydrogen-bond acceptors (Lipinski definition) is 2. The van der Waals surface area contributed by atoms with Crippen molar-refractivity contribution < 1.29 is 4.74 Å². The summed E-state index contributed by atoms with van der Waals surface area (Å²) in [5, 5.41) is 7.24. The molecular formula is C17H23ClN4O. The number of benzene rings is 1. The molecule has 0 aliphatic heterocycles. The molecule has 1 heterocycles. The van der Waals surface area contributed by atoms with Crippen molar-refractivity contribution >= 4 is 17.6 Å². The summed E-state index contributed by atoms with van der Waals surface area (Å²) in [5.74, 6) is 1.57. The predicted octanol–water partition coefficient (Wildman–Crippen LogP) is 2.77. The Kier molecular flexibility index (Phi) is 6.81. The summed E-state index contributed by atoms with van der Waals surface area (Å²) < 4.78 is 7.94. The minimum absolute atomic E-state index is 0.0131. The number of aromatic nitrogens is 1. The van der Waals surface area contributed by atoms with E-state index in [0.717, 1.165) is 24.8 Å². The minimum atomic E-state index is 0.0131.